The van der Waals surface area contributed by atoms with Crippen LogP contribution in [0.15, 0.2) is 0 Å². The number of amides is 1. The van der Waals surface area contributed by atoms with Gasteiger partial charge in [-0.3, -0.25) is 0 Å². The smallest absolute Gasteiger partial charge is 0.410 e. The average molecular weight is 310 g/mol. The van der Waals surface area contributed by atoms with Crippen molar-refractivity contribution < 1.29 is 9.53 Å². The van der Waals surface area contributed by atoms with Crippen LogP contribution in [0.1, 0.15) is 66.2 Å². The molecule has 1 heterocycles. The average Bonchev–Trinajstić information content (AvgIpc) is 2.39. The summed E-state index contributed by atoms with van der Waals surface area (Å²) in [6.45, 7) is 10.8. The minimum absolute atomic E-state index is 0.155. The fourth-order valence-electron chi connectivity index (χ4n) is 3.33. The number of piperidine rings is 1. The lowest BCUT2D eigenvalue weighted by Gasteiger charge is -2.34. The fraction of sp³-hybridized carbons (Fsp3) is 0.944. The molecule has 0 aromatic carbocycles. The molecule has 2 aliphatic rings. The van der Waals surface area contributed by atoms with Crippen LogP contribution in [-0.2, 0) is 4.74 Å². The van der Waals surface area contributed by atoms with Gasteiger partial charge in [-0.05, 0) is 65.3 Å². The zero-order chi connectivity index (χ0) is 16.2. The minimum atomic E-state index is -0.396. The molecule has 1 amide bonds. The van der Waals surface area contributed by atoms with Crippen LogP contribution in [0.2, 0.25) is 0 Å². The first-order valence-electron chi connectivity index (χ1n) is 9.05. The van der Waals surface area contributed by atoms with Gasteiger partial charge in [0, 0.05) is 19.1 Å². The van der Waals surface area contributed by atoms with Crippen molar-refractivity contribution in [3.05, 3.63) is 0 Å². The summed E-state index contributed by atoms with van der Waals surface area (Å²) < 4.78 is 5.44. The van der Waals surface area contributed by atoms with Gasteiger partial charge in [0.25, 0.3) is 0 Å². The summed E-state index contributed by atoms with van der Waals surface area (Å²) in [5.74, 6) is 1.67. The maximum Gasteiger partial charge on any atom is 0.410 e. The van der Waals surface area contributed by atoms with Crippen molar-refractivity contribution in [3.8, 4) is 0 Å². The zero-order valence-corrected chi connectivity index (χ0v) is 14.9. The number of carbonyl (C=O) groups is 1. The normalized spacial score (nSPS) is 22.3. The molecule has 0 bridgehead atoms. The Morgan fingerprint density at radius 1 is 1.18 bits per heavy atom. The van der Waals surface area contributed by atoms with Gasteiger partial charge in [-0.15, -0.1) is 0 Å². The van der Waals surface area contributed by atoms with Crippen LogP contribution in [0.5, 0.6) is 0 Å². The third-order valence-corrected chi connectivity index (χ3v) is 4.93. The predicted octanol–water partition coefficient (Wildman–Crippen LogP) is 3.80. The Morgan fingerprint density at radius 3 is 2.32 bits per heavy atom. The molecule has 1 aliphatic heterocycles. The second kappa shape index (κ2) is 7.67. The second-order valence-electron chi connectivity index (χ2n) is 8.25. The first-order chi connectivity index (χ1) is 10.3. The molecule has 22 heavy (non-hydrogen) atoms. The molecule has 4 heteroatoms. The summed E-state index contributed by atoms with van der Waals surface area (Å²) >= 11 is 0. The number of ether oxygens (including phenoxy) is 1. The lowest BCUT2D eigenvalue weighted by molar-refractivity contribution is 0.0183. The van der Waals surface area contributed by atoms with E-state index in [4.69, 9.17) is 4.74 Å². The quantitative estimate of drug-likeness (QED) is 0.839. The van der Waals surface area contributed by atoms with E-state index in [2.05, 4.69) is 12.2 Å². The van der Waals surface area contributed by atoms with E-state index in [0.717, 1.165) is 38.4 Å². The molecule has 0 aromatic heterocycles. The molecule has 0 spiro atoms. The number of rotatable bonds is 5. The Hall–Kier alpha value is -0.770. The topological polar surface area (TPSA) is 41.6 Å². The Kier molecular flexibility index (Phi) is 6.13. The molecule has 128 valence electrons. The van der Waals surface area contributed by atoms with Crippen LogP contribution in [0.4, 0.5) is 4.79 Å². The predicted molar refractivity (Wildman–Crippen MR) is 90.0 cm³/mol. The highest BCUT2D eigenvalue weighted by atomic mass is 16.6. The summed E-state index contributed by atoms with van der Waals surface area (Å²) in [6, 6.07) is 0.634. The Morgan fingerprint density at radius 2 is 1.82 bits per heavy atom. The molecule has 0 aromatic rings. The van der Waals surface area contributed by atoms with Crippen molar-refractivity contribution in [2.75, 3.05) is 19.6 Å². The highest BCUT2D eigenvalue weighted by Crippen LogP contribution is 2.30. The highest BCUT2D eigenvalue weighted by Gasteiger charge is 2.27. The molecule has 1 atom stereocenters. The van der Waals surface area contributed by atoms with Crippen molar-refractivity contribution in [1.29, 1.82) is 0 Å². The Bertz CT molecular complexity index is 353. The molecule has 1 N–H and O–H groups in total. The first kappa shape index (κ1) is 17.6. The Labute approximate surface area is 136 Å². The number of hydrogen-bond acceptors (Lipinski definition) is 3. The SMILES string of the molecule is CC(CC1CCC1)NCC1CCN(C(=O)OC(C)(C)C)CC1. The highest BCUT2D eigenvalue weighted by molar-refractivity contribution is 5.68. The summed E-state index contributed by atoms with van der Waals surface area (Å²) in [6.07, 6.45) is 7.64. The van der Waals surface area contributed by atoms with Gasteiger partial charge < -0.3 is 15.0 Å². The van der Waals surface area contributed by atoms with Crippen molar-refractivity contribution >= 4 is 6.09 Å². The van der Waals surface area contributed by atoms with Crippen LogP contribution in [0, 0.1) is 11.8 Å². The molecule has 1 aliphatic carbocycles. The van der Waals surface area contributed by atoms with Crippen LogP contribution in [-0.4, -0.2) is 42.3 Å². The fourth-order valence-corrected chi connectivity index (χ4v) is 3.33. The molecule has 1 saturated heterocycles. The van der Waals surface area contributed by atoms with Crippen molar-refractivity contribution in [3.63, 3.8) is 0 Å². The minimum Gasteiger partial charge on any atom is -0.444 e. The third kappa shape index (κ3) is 5.79. The number of nitrogens with one attached hydrogen (secondary N) is 1. The van der Waals surface area contributed by atoms with Gasteiger partial charge in [-0.2, -0.15) is 0 Å². The largest absolute Gasteiger partial charge is 0.444 e. The van der Waals surface area contributed by atoms with Gasteiger partial charge in [0.1, 0.15) is 5.60 Å². The van der Waals surface area contributed by atoms with Crippen molar-refractivity contribution in [1.82, 2.24) is 10.2 Å². The molecular formula is C18H34N2O2. The number of nitrogens with zero attached hydrogens (tertiary/aromatic N) is 1. The van der Waals surface area contributed by atoms with Gasteiger partial charge in [0.2, 0.25) is 0 Å². The molecule has 0 radical (unpaired) electrons. The van der Waals surface area contributed by atoms with Crippen LogP contribution in [0.25, 0.3) is 0 Å². The molecule has 2 rings (SSSR count). The van der Waals surface area contributed by atoms with Gasteiger partial charge in [-0.25, -0.2) is 4.79 Å². The molecular weight excluding hydrogens is 276 g/mol. The van der Waals surface area contributed by atoms with Crippen molar-refractivity contribution in [2.24, 2.45) is 11.8 Å². The summed E-state index contributed by atoms with van der Waals surface area (Å²) in [5, 5.41) is 3.70. The van der Waals surface area contributed by atoms with Gasteiger partial charge >= 0.3 is 6.09 Å². The van der Waals surface area contributed by atoms with Crippen LogP contribution < -0.4 is 5.32 Å². The molecule has 1 unspecified atom stereocenters. The standard InChI is InChI=1S/C18H34N2O2/c1-14(12-15-6-5-7-15)19-13-16-8-10-20(11-9-16)17(21)22-18(2,3)4/h14-16,19H,5-13H2,1-4H3. The lowest BCUT2D eigenvalue weighted by atomic mass is 9.81. The van der Waals surface area contributed by atoms with Crippen molar-refractivity contribution in [2.45, 2.75) is 77.9 Å². The monoisotopic (exact) mass is 310 g/mol. The van der Waals surface area contributed by atoms with Crippen LogP contribution in [0.3, 0.4) is 0 Å². The van der Waals surface area contributed by atoms with Gasteiger partial charge in [-0.1, -0.05) is 19.3 Å². The van der Waals surface area contributed by atoms with E-state index in [1.165, 1.54) is 25.7 Å². The Balaban J connectivity index is 1.61. The van der Waals surface area contributed by atoms with E-state index in [1.807, 2.05) is 25.7 Å². The third-order valence-electron chi connectivity index (χ3n) is 4.93. The maximum absolute atomic E-state index is 12.0. The van der Waals surface area contributed by atoms with Gasteiger partial charge in [0.05, 0.1) is 0 Å². The van der Waals surface area contributed by atoms with Gasteiger partial charge in [0.15, 0.2) is 0 Å². The van der Waals surface area contributed by atoms with E-state index < -0.39 is 5.60 Å². The maximum atomic E-state index is 12.0. The summed E-state index contributed by atoms with van der Waals surface area (Å²) in [4.78, 5) is 13.9. The van der Waals surface area contributed by atoms with E-state index in [-0.39, 0.29) is 6.09 Å². The van der Waals surface area contributed by atoms with Crippen LogP contribution >= 0.6 is 0 Å². The van der Waals surface area contributed by atoms with E-state index in [0.29, 0.717) is 12.0 Å². The number of carbonyl (C=O) groups excluding carboxylic acids is 1. The number of hydrogen-bond donors (Lipinski definition) is 1. The molecule has 4 nitrogen and oxygen atoms in total. The molecule has 1 saturated carbocycles. The lowest BCUT2D eigenvalue weighted by Crippen LogP contribution is -2.44. The van der Waals surface area contributed by atoms with E-state index in [9.17, 15) is 4.79 Å². The summed E-state index contributed by atoms with van der Waals surface area (Å²) in [5.41, 5.74) is -0.396. The van der Waals surface area contributed by atoms with E-state index in [1.54, 1.807) is 0 Å². The first-order valence-corrected chi connectivity index (χ1v) is 9.05. The zero-order valence-electron chi connectivity index (χ0n) is 14.9. The second-order valence-corrected chi connectivity index (χ2v) is 8.25. The molecule has 2 fully saturated rings. The number of likely N-dealkylation sites (tertiary alicyclic amines) is 1. The van der Waals surface area contributed by atoms with E-state index >= 15 is 0 Å². The summed E-state index contributed by atoms with van der Waals surface area (Å²) in [7, 11) is 0.